The van der Waals surface area contributed by atoms with Crippen LogP contribution in [0.2, 0.25) is 0 Å². The maximum Gasteiger partial charge on any atom is 0.256 e. The summed E-state index contributed by atoms with van der Waals surface area (Å²) in [5, 5.41) is 20.2. The van der Waals surface area contributed by atoms with Crippen LogP contribution in [-0.2, 0) is 0 Å². The van der Waals surface area contributed by atoms with Gasteiger partial charge in [0.05, 0.1) is 53.3 Å². The SMILES string of the molecule is Cc1ccnc(Br)c1.Cc1ccnc(N2CC[C@@H]3CCN(C(=O)c4ccccc4-n4nccn4)C[C@@H]32)c1.O=C(c1ccccc1-n1nccn1)N1CC[C@H]2CCN[C@H]2C1. The molecule has 4 saturated heterocycles. The number of carbonyl (C=O) groups is 2. The monoisotopic (exact) mass is 856 g/mol. The number of aryl methyl sites for hydroxylation is 2. The first kappa shape index (κ1) is 40.0. The van der Waals surface area contributed by atoms with Gasteiger partial charge in [0.1, 0.15) is 10.4 Å². The summed E-state index contributed by atoms with van der Waals surface area (Å²) in [6.45, 7) is 9.35. The molecule has 0 aliphatic carbocycles. The molecule has 0 saturated carbocycles. The Hall–Kier alpha value is -5.80. The highest BCUT2D eigenvalue weighted by Gasteiger charge is 2.41. The molecule has 4 aliphatic heterocycles. The van der Waals surface area contributed by atoms with E-state index >= 15 is 0 Å². The molecule has 0 bridgehead atoms. The number of hydrogen-bond donors (Lipinski definition) is 1. The van der Waals surface area contributed by atoms with Gasteiger partial charge >= 0.3 is 0 Å². The Morgan fingerprint density at radius 2 is 1.17 bits per heavy atom. The van der Waals surface area contributed by atoms with Crippen LogP contribution in [0.1, 0.15) is 57.5 Å². The van der Waals surface area contributed by atoms with Gasteiger partial charge in [-0.05, 0) is 133 Å². The van der Waals surface area contributed by atoms with E-state index in [1.807, 2.05) is 89.7 Å². The van der Waals surface area contributed by atoms with Crippen molar-refractivity contribution >= 4 is 33.6 Å². The number of aromatic nitrogens is 8. The van der Waals surface area contributed by atoms with Gasteiger partial charge in [-0.15, -0.1) is 0 Å². The van der Waals surface area contributed by atoms with Crippen molar-refractivity contribution in [3.63, 3.8) is 0 Å². The highest BCUT2D eigenvalue weighted by molar-refractivity contribution is 9.10. The molecule has 1 N–H and O–H groups in total. The van der Waals surface area contributed by atoms with E-state index < -0.39 is 0 Å². The molecule has 2 aromatic carbocycles. The number of fused-ring (bicyclic) bond motifs is 2. The Labute approximate surface area is 352 Å². The first-order valence-corrected chi connectivity index (χ1v) is 21.1. The summed E-state index contributed by atoms with van der Waals surface area (Å²) in [5.41, 5.74) is 5.19. The molecular formula is C44H49BrN12O2. The normalized spacial score (nSPS) is 20.8. The predicted octanol–water partition coefficient (Wildman–Crippen LogP) is 5.96. The van der Waals surface area contributed by atoms with Gasteiger partial charge in [0, 0.05) is 51.2 Å². The lowest BCUT2D eigenvalue weighted by Crippen LogP contribution is -2.50. The topological polar surface area (TPSA) is 143 Å². The van der Waals surface area contributed by atoms with Crippen molar-refractivity contribution in [1.82, 2.24) is 55.1 Å². The number of nitrogens with one attached hydrogen (secondary N) is 1. The Morgan fingerprint density at radius 3 is 1.75 bits per heavy atom. The second kappa shape index (κ2) is 18.4. The molecule has 6 aromatic rings. The highest BCUT2D eigenvalue weighted by Crippen LogP contribution is 2.35. The van der Waals surface area contributed by atoms with Crippen molar-refractivity contribution in [3.05, 3.63) is 137 Å². The number of amides is 2. The lowest BCUT2D eigenvalue weighted by atomic mass is 9.91. The predicted molar refractivity (Wildman–Crippen MR) is 229 cm³/mol. The van der Waals surface area contributed by atoms with Gasteiger partial charge in [-0.2, -0.15) is 30.0 Å². The van der Waals surface area contributed by atoms with Crippen LogP contribution in [0.15, 0.2) is 115 Å². The lowest BCUT2D eigenvalue weighted by Gasteiger charge is -2.39. The molecule has 2 amide bonds. The number of benzene rings is 2. The summed E-state index contributed by atoms with van der Waals surface area (Å²) in [5.74, 6) is 2.48. The zero-order chi connectivity index (χ0) is 40.7. The number of piperidine rings is 2. The Morgan fingerprint density at radius 1 is 0.627 bits per heavy atom. The zero-order valence-electron chi connectivity index (χ0n) is 33.4. The number of likely N-dealkylation sites (tertiary alicyclic amines) is 2. The number of anilines is 1. The minimum absolute atomic E-state index is 0.0420. The number of hydrogen-bond acceptors (Lipinski definition) is 10. The van der Waals surface area contributed by atoms with Gasteiger partial charge in [-0.3, -0.25) is 9.59 Å². The van der Waals surface area contributed by atoms with E-state index in [9.17, 15) is 9.59 Å². The number of rotatable bonds is 5. The maximum atomic E-state index is 13.4. The van der Waals surface area contributed by atoms with Crippen LogP contribution in [-0.4, -0.2) is 113 Å². The van der Waals surface area contributed by atoms with E-state index in [1.54, 1.807) is 31.0 Å². The zero-order valence-corrected chi connectivity index (χ0v) is 35.0. The molecule has 59 heavy (non-hydrogen) atoms. The van der Waals surface area contributed by atoms with E-state index in [0.717, 1.165) is 80.6 Å². The standard InChI is InChI=1S/C22H24N6O.C16H19N5O.C6H6BrN/c1-16-6-9-23-21(14-16)27-13-8-17-7-12-26(15-20(17)27)22(29)18-4-2-3-5-19(18)28-24-10-11-25-28;22-16(20-10-6-12-5-7-17-14(12)11-20)13-3-1-2-4-15(13)21-18-8-9-19-21;1-5-2-3-8-6(7)4-5/h2-6,9-11,14,17,20H,7-8,12-13,15H2,1H3;1-4,8-9,12,14,17H,5-7,10-11H2;2-4H,1H3/t17-,20-;12-,14+;/m01./s1. The molecule has 8 heterocycles. The second-order valence-corrected chi connectivity index (χ2v) is 16.3. The van der Waals surface area contributed by atoms with Gasteiger partial charge in [0.25, 0.3) is 11.8 Å². The van der Waals surface area contributed by atoms with Gasteiger partial charge < -0.3 is 20.0 Å². The van der Waals surface area contributed by atoms with Crippen molar-refractivity contribution in [2.75, 3.05) is 44.2 Å². The van der Waals surface area contributed by atoms with Crippen molar-refractivity contribution < 1.29 is 9.59 Å². The van der Waals surface area contributed by atoms with Crippen molar-refractivity contribution in [1.29, 1.82) is 0 Å². The van der Waals surface area contributed by atoms with Gasteiger partial charge in [-0.1, -0.05) is 24.3 Å². The fourth-order valence-electron chi connectivity index (χ4n) is 8.68. The molecule has 4 aliphatic rings. The molecular weight excluding hydrogens is 808 g/mol. The summed E-state index contributed by atoms with van der Waals surface area (Å²) in [7, 11) is 0. The van der Waals surface area contributed by atoms with Gasteiger partial charge in [-0.25, -0.2) is 9.97 Å². The Kier molecular flexibility index (Phi) is 12.5. The Balaban J connectivity index is 0.000000142. The second-order valence-electron chi connectivity index (χ2n) is 15.5. The van der Waals surface area contributed by atoms with E-state index in [0.29, 0.717) is 34.8 Å². The fourth-order valence-corrected chi connectivity index (χ4v) is 9.16. The average molecular weight is 858 g/mol. The molecule has 10 rings (SSSR count). The largest absolute Gasteiger partial charge is 0.352 e. The number of para-hydroxylation sites is 2. The average Bonchev–Trinajstić information content (AvgIpc) is 4.12. The van der Waals surface area contributed by atoms with Crippen molar-refractivity contribution in [2.45, 2.75) is 51.6 Å². The van der Waals surface area contributed by atoms with Crippen LogP contribution in [0, 0.1) is 25.7 Å². The molecule has 15 heteroatoms. The van der Waals surface area contributed by atoms with Crippen LogP contribution in [0.4, 0.5) is 5.82 Å². The molecule has 0 unspecified atom stereocenters. The van der Waals surface area contributed by atoms with E-state index in [-0.39, 0.29) is 11.8 Å². The van der Waals surface area contributed by atoms with Crippen LogP contribution in [0.5, 0.6) is 0 Å². The van der Waals surface area contributed by atoms with Gasteiger partial charge in [0.15, 0.2) is 0 Å². The third-order valence-electron chi connectivity index (χ3n) is 11.7. The summed E-state index contributed by atoms with van der Waals surface area (Å²) in [6.07, 6.45) is 14.7. The number of halogens is 1. The number of nitrogens with zero attached hydrogens (tertiary/aromatic N) is 11. The van der Waals surface area contributed by atoms with Crippen LogP contribution in [0.25, 0.3) is 11.4 Å². The van der Waals surface area contributed by atoms with E-state index in [2.05, 4.69) is 69.5 Å². The summed E-state index contributed by atoms with van der Waals surface area (Å²) in [4.78, 5) is 44.3. The van der Waals surface area contributed by atoms with Gasteiger partial charge in [0.2, 0.25) is 0 Å². The summed E-state index contributed by atoms with van der Waals surface area (Å²) in [6, 6.07) is 23.9. The first-order valence-electron chi connectivity index (χ1n) is 20.3. The highest BCUT2D eigenvalue weighted by atomic mass is 79.9. The smallest absolute Gasteiger partial charge is 0.256 e. The minimum atomic E-state index is 0.0420. The van der Waals surface area contributed by atoms with Crippen LogP contribution < -0.4 is 10.2 Å². The van der Waals surface area contributed by atoms with Crippen LogP contribution in [0.3, 0.4) is 0 Å². The summed E-state index contributed by atoms with van der Waals surface area (Å²) >= 11 is 3.25. The molecule has 4 fully saturated rings. The van der Waals surface area contributed by atoms with E-state index in [1.165, 1.54) is 27.1 Å². The third-order valence-corrected chi connectivity index (χ3v) is 12.2. The molecule has 0 radical (unpaired) electrons. The third kappa shape index (κ3) is 9.26. The number of pyridine rings is 2. The molecule has 4 aromatic heterocycles. The molecule has 4 atom stereocenters. The maximum absolute atomic E-state index is 13.4. The molecule has 304 valence electrons. The van der Waals surface area contributed by atoms with E-state index in [4.69, 9.17) is 0 Å². The lowest BCUT2D eigenvalue weighted by molar-refractivity contribution is 0.0665. The first-order chi connectivity index (χ1) is 28.8. The Bertz CT molecular complexity index is 2320. The number of carbonyl (C=O) groups excluding carboxylic acids is 2. The quantitative estimate of drug-likeness (QED) is 0.207. The summed E-state index contributed by atoms with van der Waals surface area (Å²) < 4.78 is 0.900. The molecule has 14 nitrogen and oxygen atoms in total. The fraction of sp³-hybridized carbons (Fsp3) is 0.364. The van der Waals surface area contributed by atoms with Crippen molar-refractivity contribution in [2.24, 2.45) is 11.8 Å². The van der Waals surface area contributed by atoms with Crippen LogP contribution >= 0.6 is 15.9 Å². The minimum Gasteiger partial charge on any atom is -0.352 e. The van der Waals surface area contributed by atoms with Crippen molar-refractivity contribution in [3.8, 4) is 11.4 Å². The molecule has 0 spiro atoms.